The van der Waals surface area contributed by atoms with Crippen molar-refractivity contribution in [3.05, 3.63) is 45.4 Å². The van der Waals surface area contributed by atoms with Crippen molar-refractivity contribution in [1.29, 1.82) is 0 Å². The normalized spacial score (nSPS) is 10.9. The summed E-state index contributed by atoms with van der Waals surface area (Å²) in [4.78, 5) is 18.8. The summed E-state index contributed by atoms with van der Waals surface area (Å²) in [7, 11) is 1.57. The van der Waals surface area contributed by atoms with Gasteiger partial charge in [0, 0.05) is 24.2 Å². The van der Waals surface area contributed by atoms with Gasteiger partial charge in [0.05, 0.1) is 25.6 Å². The lowest BCUT2D eigenvalue weighted by atomic mass is 10.2. The second-order valence-corrected chi connectivity index (χ2v) is 5.13. The summed E-state index contributed by atoms with van der Waals surface area (Å²) in [6.45, 7) is 3.99. The number of nitrogens with one attached hydrogen (secondary N) is 2. The van der Waals surface area contributed by atoms with Crippen LogP contribution < -0.4 is 20.5 Å². The Balaban J connectivity index is 2.20. The quantitative estimate of drug-likeness (QED) is 0.493. The zero-order chi connectivity index (χ0) is 18.2. The van der Waals surface area contributed by atoms with E-state index in [1.165, 1.54) is 0 Å². The third kappa shape index (κ3) is 4.57. The van der Waals surface area contributed by atoms with Gasteiger partial charge in [0.1, 0.15) is 0 Å². The third-order valence-corrected chi connectivity index (χ3v) is 3.48. The monoisotopic (exact) mass is 346 g/mol. The number of hydrazone groups is 1. The largest absolute Gasteiger partial charge is 0.493 e. The Morgan fingerprint density at radius 3 is 2.88 bits per heavy atom. The molecule has 0 aliphatic carbocycles. The summed E-state index contributed by atoms with van der Waals surface area (Å²) < 4.78 is 10.9. The fraction of sp³-hybridized carbons (Fsp3) is 0.353. The van der Waals surface area contributed by atoms with Gasteiger partial charge in [-0.3, -0.25) is 9.78 Å². The Morgan fingerprint density at radius 1 is 1.44 bits per heavy atom. The molecule has 0 fully saturated rings. The van der Waals surface area contributed by atoms with Crippen molar-refractivity contribution in [1.82, 2.24) is 9.97 Å². The predicted molar refractivity (Wildman–Crippen MR) is 95.8 cm³/mol. The number of hydrogen-bond acceptors (Lipinski definition) is 7. The lowest BCUT2D eigenvalue weighted by Crippen LogP contribution is -2.19. The van der Waals surface area contributed by atoms with Crippen molar-refractivity contribution in [2.75, 3.05) is 25.7 Å². The van der Waals surface area contributed by atoms with Crippen LogP contribution in [0.3, 0.4) is 0 Å². The van der Waals surface area contributed by atoms with Crippen molar-refractivity contribution >= 4 is 12.2 Å². The first-order chi connectivity index (χ1) is 12.1. The van der Waals surface area contributed by atoms with Gasteiger partial charge in [-0.1, -0.05) is 6.07 Å². The molecule has 1 aromatic heterocycles. The van der Waals surface area contributed by atoms with Crippen LogP contribution in [0.1, 0.15) is 23.7 Å². The minimum absolute atomic E-state index is 0.105. The van der Waals surface area contributed by atoms with E-state index < -0.39 is 0 Å². The molecule has 0 spiro atoms. The number of methoxy groups -OCH3 is 1. The lowest BCUT2D eigenvalue weighted by molar-refractivity contribution is 0.298. The van der Waals surface area contributed by atoms with E-state index in [-0.39, 0.29) is 24.5 Å². The van der Waals surface area contributed by atoms with Crippen LogP contribution in [0.4, 0.5) is 5.95 Å². The van der Waals surface area contributed by atoms with Crippen LogP contribution in [0.15, 0.2) is 28.1 Å². The molecule has 134 valence electrons. The number of aromatic amines is 1. The summed E-state index contributed by atoms with van der Waals surface area (Å²) >= 11 is 0. The van der Waals surface area contributed by atoms with Crippen LogP contribution >= 0.6 is 0 Å². The number of ether oxygens (including phenoxy) is 2. The van der Waals surface area contributed by atoms with Crippen molar-refractivity contribution in [2.24, 2.45) is 5.10 Å². The van der Waals surface area contributed by atoms with Crippen LogP contribution in [0, 0.1) is 6.92 Å². The molecule has 25 heavy (non-hydrogen) atoms. The van der Waals surface area contributed by atoms with Crippen LogP contribution in [-0.4, -0.2) is 41.6 Å². The number of para-hydroxylation sites is 1. The molecule has 0 unspecified atom stereocenters. The predicted octanol–water partition coefficient (Wildman–Crippen LogP) is 1.47. The van der Waals surface area contributed by atoms with Crippen LogP contribution in [0.5, 0.6) is 11.5 Å². The van der Waals surface area contributed by atoms with Gasteiger partial charge < -0.3 is 14.6 Å². The molecule has 8 heteroatoms. The highest BCUT2D eigenvalue weighted by molar-refractivity contribution is 5.85. The Morgan fingerprint density at radius 2 is 2.24 bits per heavy atom. The number of rotatable bonds is 8. The molecule has 0 amide bonds. The topological polar surface area (TPSA) is 109 Å². The molecular formula is C17H22N4O4. The average Bonchev–Trinajstić information content (AvgIpc) is 2.59. The van der Waals surface area contributed by atoms with Gasteiger partial charge in [-0.2, -0.15) is 5.10 Å². The number of benzene rings is 1. The number of hydrogen-bond donors (Lipinski definition) is 3. The third-order valence-electron chi connectivity index (χ3n) is 3.48. The van der Waals surface area contributed by atoms with Crippen LogP contribution in [-0.2, 0) is 6.42 Å². The Kier molecular flexibility index (Phi) is 6.53. The molecule has 2 rings (SSSR count). The Labute approximate surface area is 145 Å². The summed E-state index contributed by atoms with van der Waals surface area (Å²) in [5.74, 6) is 1.43. The van der Waals surface area contributed by atoms with Gasteiger partial charge in [0.25, 0.3) is 5.56 Å². The van der Waals surface area contributed by atoms with E-state index in [9.17, 15) is 4.79 Å². The highest BCUT2D eigenvalue weighted by atomic mass is 16.5. The van der Waals surface area contributed by atoms with Gasteiger partial charge >= 0.3 is 0 Å². The SMILES string of the molecule is CCOc1c(/C=N\Nc2nc(C)c(CCO)c(=O)[nH]2)cccc1OC. The smallest absolute Gasteiger partial charge is 0.255 e. The summed E-state index contributed by atoms with van der Waals surface area (Å²) in [6, 6.07) is 5.47. The number of H-pyrrole nitrogens is 1. The number of nitrogens with zero attached hydrogens (tertiary/aromatic N) is 2. The van der Waals surface area contributed by atoms with E-state index in [0.29, 0.717) is 29.4 Å². The first-order valence-corrected chi connectivity index (χ1v) is 7.90. The first-order valence-electron chi connectivity index (χ1n) is 7.90. The zero-order valence-electron chi connectivity index (χ0n) is 14.5. The highest BCUT2D eigenvalue weighted by Crippen LogP contribution is 2.29. The molecule has 1 aromatic carbocycles. The van der Waals surface area contributed by atoms with Gasteiger partial charge in [-0.15, -0.1) is 0 Å². The fourth-order valence-corrected chi connectivity index (χ4v) is 2.33. The summed E-state index contributed by atoms with van der Waals surface area (Å²) in [6.07, 6.45) is 1.82. The van der Waals surface area contributed by atoms with Crippen molar-refractivity contribution in [3.63, 3.8) is 0 Å². The van der Waals surface area contributed by atoms with Gasteiger partial charge in [0.2, 0.25) is 5.95 Å². The zero-order valence-corrected chi connectivity index (χ0v) is 14.5. The molecule has 0 aliphatic rings. The lowest BCUT2D eigenvalue weighted by Gasteiger charge is -2.11. The first kappa shape index (κ1) is 18.5. The van der Waals surface area contributed by atoms with Crippen molar-refractivity contribution < 1.29 is 14.6 Å². The number of aliphatic hydroxyl groups excluding tert-OH is 1. The molecule has 8 nitrogen and oxygen atoms in total. The highest BCUT2D eigenvalue weighted by Gasteiger charge is 2.09. The molecule has 1 heterocycles. The van der Waals surface area contributed by atoms with E-state index in [4.69, 9.17) is 14.6 Å². The second-order valence-electron chi connectivity index (χ2n) is 5.13. The molecule has 2 aromatic rings. The minimum atomic E-state index is -0.296. The summed E-state index contributed by atoms with van der Waals surface area (Å²) in [5.41, 5.74) is 4.14. The molecule has 0 bridgehead atoms. The van der Waals surface area contributed by atoms with Crippen molar-refractivity contribution in [3.8, 4) is 11.5 Å². The standard InChI is InChI=1S/C17H22N4O4/c1-4-25-15-12(6-5-7-14(15)24-3)10-18-21-17-19-11(2)13(8-9-22)16(23)20-17/h5-7,10,22H,4,8-9H2,1-3H3,(H2,19,20,21,23)/b18-10-. The van der Waals surface area contributed by atoms with E-state index in [1.807, 2.05) is 19.1 Å². The molecule has 0 atom stereocenters. The van der Waals surface area contributed by atoms with Gasteiger partial charge in [0.15, 0.2) is 11.5 Å². The van der Waals surface area contributed by atoms with Crippen LogP contribution in [0.25, 0.3) is 0 Å². The van der Waals surface area contributed by atoms with Gasteiger partial charge in [-0.25, -0.2) is 10.4 Å². The Hall–Kier alpha value is -2.87. The molecule has 0 saturated heterocycles. The minimum Gasteiger partial charge on any atom is -0.493 e. The molecule has 0 saturated carbocycles. The van der Waals surface area contributed by atoms with E-state index in [1.54, 1.807) is 26.3 Å². The number of aryl methyl sites for hydroxylation is 1. The van der Waals surface area contributed by atoms with Crippen molar-refractivity contribution in [2.45, 2.75) is 20.3 Å². The van der Waals surface area contributed by atoms with Gasteiger partial charge in [-0.05, 0) is 26.0 Å². The van der Waals surface area contributed by atoms with E-state index >= 15 is 0 Å². The maximum Gasteiger partial charge on any atom is 0.255 e. The molecular weight excluding hydrogens is 324 g/mol. The van der Waals surface area contributed by atoms with E-state index in [0.717, 1.165) is 5.56 Å². The fourth-order valence-electron chi connectivity index (χ4n) is 2.33. The molecule has 0 radical (unpaired) electrons. The number of aliphatic hydroxyl groups is 1. The number of anilines is 1. The van der Waals surface area contributed by atoms with Crippen LogP contribution in [0.2, 0.25) is 0 Å². The second kappa shape index (κ2) is 8.84. The number of aromatic nitrogens is 2. The maximum absolute atomic E-state index is 12.0. The van der Waals surface area contributed by atoms with E-state index in [2.05, 4.69) is 20.5 Å². The molecule has 0 aliphatic heterocycles. The Bertz CT molecular complexity index is 802. The maximum atomic E-state index is 12.0. The average molecular weight is 346 g/mol. The molecule has 3 N–H and O–H groups in total. The summed E-state index contributed by atoms with van der Waals surface area (Å²) in [5, 5.41) is 13.1.